The smallest absolute Gasteiger partial charge is 0.220 e. The van der Waals surface area contributed by atoms with E-state index < -0.39 is 23.2 Å². The molecule has 1 heterocycles. The lowest BCUT2D eigenvalue weighted by molar-refractivity contribution is -0.190. The van der Waals surface area contributed by atoms with E-state index in [2.05, 4.69) is 24.1 Å². The third kappa shape index (κ3) is 3.64. The molecule has 0 unspecified atom stereocenters. The Hall–Kier alpha value is -1.63. The molecular formula is C26H38N2O4. The summed E-state index contributed by atoms with van der Waals surface area (Å²) in [7, 11) is 0. The van der Waals surface area contributed by atoms with Gasteiger partial charge in [-0.2, -0.15) is 0 Å². The number of carbonyl (C=O) groups is 1. The maximum atomic E-state index is 12.6. The summed E-state index contributed by atoms with van der Waals surface area (Å²) < 4.78 is 0. The summed E-state index contributed by atoms with van der Waals surface area (Å²) in [6.45, 7) is 6.11. The highest BCUT2D eigenvalue weighted by atomic mass is 16.3. The van der Waals surface area contributed by atoms with Crippen molar-refractivity contribution in [2.45, 2.75) is 94.4 Å². The van der Waals surface area contributed by atoms with Crippen LogP contribution in [-0.2, 0) is 16.6 Å². The van der Waals surface area contributed by atoms with E-state index in [9.17, 15) is 20.1 Å². The molecule has 4 N–H and O–H groups in total. The van der Waals surface area contributed by atoms with Crippen molar-refractivity contribution < 1.29 is 20.1 Å². The highest BCUT2D eigenvalue weighted by molar-refractivity contribution is 5.76. The van der Waals surface area contributed by atoms with Gasteiger partial charge in [-0.05, 0) is 80.2 Å². The molecule has 5 atom stereocenters. The molecule has 0 aromatic heterocycles. The molecule has 1 amide bonds. The van der Waals surface area contributed by atoms with Gasteiger partial charge in [-0.15, -0.1) is 0 Å². The SMILES string of the molecule is CC(C)CCC(=O)N[C@H]1C[C@@]2(O)[C@H]3Cc4ccc(O)cc4[C@@]2(CCN3CC2CC2)C[C@H]1O. The molecule has 3 fully saturated rings. The van der Waals surface area contributed by atoms with Crippen molar-refractivity contribution in [1.29, 1.82) is 0 Å². The fourth-order valence-electron chi connectivity index (χ4n) is 6.78. The van der Waals surface area contributed by atoms with Gasteiger partial charge in [0.25, 0.3) is 0 Å². The minimum absolute atomic E-state index is 0.0311. The molecule has 4 aliphatic rings. The van der Waals surface area contributed by atoms with Gasteiger partial charge in [0.15, 0.2) is 0 Å². The molecule has 0 spiro atoms. The van der Waals surface area contributed by atoms with E-state index in [4.69, 9.17) is 0 Å². The molecule has 3 aliphatic carbocycles. The Bertz CT molecular complexity index is 885. The molecule has 176 valence electrons. The van der Waals surface area contributed by atoms with Gasteiger partial charge in [0.05, 0.1) is 17.7 Å². The van der Waals surface area contributed by atoms with Crippen LogP contribution in [0.4, 0.5) is 0 Å². The van der Waals surface area contributed by atoms with Gasteiger partial charge < -0.3 is 20.6 Å². The number of carbonyl (C=O) groups excluding carboxylic acids is 1. The molecular weight excluding hydrogens is 404 g/mol. The Kier molecular flexibility index (Phi) is 5.54. The lowest BCUT2D eigenvalue weighted by Crippen LogP contribution is -2.76. The summed E-state index contributed by atoms with van der Waals surface area (Å²) in [5.74, 6) is 1.34. The minimum Gasteiger partial charge on any atom is -0.508 e. The normalized spacial score (nSPS) is 36.5. The van der Waals surface area contributed by atoms with Crippen LogP contribution in [0, 0.1) is 11.8 Å². The van der Waals surface area contributed by atoms with Crippen molar-refractivity contribution in [2.75, 3.05) is 13.1 Å². The summed E-state index contributed by atoms with van der Waals surface area (Å²) in [6.07, 6.45) is 5.33. The van der Waals surface area contributed by atoms with Gasteiger partial charge in [-0.1, -0.05) is 19.9 Å². The van der Waals surface area contributed by atoms with E-state index in [1.165, 1.54) is 18.4 Å². The summed E-state index contributed by atoms with van der Waals surface area (Å²) in [5, 5.41) is 36.9. The number of piperidine rings is 1. The number of benzene rings is 1. The van der Waals surface area contributed by atoms with E-state index in [0.717, 1.165) is 43.8 Å². The average molecular weight is 443 g/mol. The monoisotopic (exact) mass is 442 g/mol. The Balaban J connectivity index is 1.47. The molecule has 2 bridgehead atoms. The summed E-state index contributed by atoms with van der Waals surface area (Å²) in [4.78, 5) is 15.1. The van der Waals surface area contributed by atoms with E-state index in [1.54, 1.807) is 12.1 Å². The third-order valence-electron chi connectivity index (χ3n) is 8.71. The number of phenols is 1. The first-order chi connectivity index (χ1) is 15.2. The second-order valence-electron chi connectivity index (χ2n) is 11.3. The number of amides is 1. The van der Waals surface area contributed by atoms with Crippen LogP contribution in [-0.4, -0.2) is 63.0 Å². The first-order valence-corrected chi connectivity index (χ1v) is 12.5. The van der Waals surface area contributed by atoms with Crippen LogP contribution in [0.1, 0.15) is 69.9 Å². The number of likely N-dealkylation sites (tertiary alicyclic amines) is 1. The second kappa shape index (κ2) is 8.00. The second-order valence-corrected chi connectivity index (χ2v) is 11.3. The highest BCUT2D eigenvalue weighted by Crippen LogP contribution is 2.58. The Morgan fingerprint density at radius 1 is 1.28 bits per heavy atom. The van der Waals surface area contributed by atoms with Gasteiger partial charge in [0, 0.05) is 30.8 Å². The molecule has 1 aromatic carbocycles. The van der Waals surface area contributed by atoms with Gasteiger partial charge >= 0.3 is 0 Å². The van der Waals surface area contributed by atoms with Gasteiger partial charge in [-0.3, -0.25) is 9.69 Å². The molecule has 1 aliphatic heterocycles. The molecule has 32 heavy (non-hydrogen) atoms. The van der Waals surface area contributed by atoms with Crippen LogP contribution in [0.2, 0.25) is 0 Å². The van der Waals surface area contributed by atoms with Crippen molar-refractivity contribution >= 4 is 5.91 Å². The predicted molar refractivity (Wildman–Crippen MR) is 122 cm³/mol. The number of phenolic OH excluding ortho intramolecular Hbond substituents is 1. The molecule has 2 saturated carbocycles. The standard InChI is InChI=1S/C26H38N2O4/c1-16(2)3-8-24(31)27-21-13-26(32)23-11-18-6-7-19(29)12-20(18)25(26,14-22(21)30)9-10-28(23)15-17-4-5-17/h6-7,12,16-17,21-23,29-30,32H,3-5,8-11,13-15H2,1-2H3,(H,27,31)/t21-,22+,23+,25+,26+/m0/s1. The number of aliphatic hydroxyl groups is 2. The van der Waals surface area contributed by atoms with Gasteiger partial charge in [0.1, 0.15) is 5.75 Å². The number of aliphatic hydroxyl groups excluding tert-OH is 1. The zero-order chi connectivity index (χ0) is 22.7. The molecule has 0 radical (unpaired) electrons. The van der Waals surface area contributed by atoms with Gasteiger partial charge in [-0.25, -0.2) is 0 Å². The topological polar surface area (TPSA) is 93.0 Å². The number of rotatable bonds is 6. The van der Waals surface area contributed by atoms with Crippen molar-refractivity contribution in [2.24, 2.45) is 11.8 Å². The van der Waals surface area contributed by atoms with Crippen LogP contribution in [0.25, 0.3) is 0 Å². The van der Waals surface area contributed by atoms with Crippen LogP contribution >= 0.6 is 0 Å². The maximum Gasteiger partial charge on any atom is 0.220 e. The number of hydrogen-bond acceptors (Lipinski definition) is 5. The third-order valence-corrected chi connectivity index (χ3v) is 8.71. The van der Waals surface area contributed by atoms with Crippen molar-refractivity contribution in [3.63, 3.8) is 0 Å². The zero-order valence-electron chi connectivity index (χ0n) is 19.4. The van der Waals surface area contributed by atoms with E-state index in [0.29, 0.717) is 25.2 Å². The Morgan fingerprint density at radius 2 is 2.06 bits per heavy atom. The number of nitrogens with zero attached hydrogens (tertiary/aromatic N) is 1. The Labute approximate surface area is 191 Å². The van der Waals surface area contributed by atoms with Crippen molar-refractivity contribution in [1.82, 2.24) is 10.2 Å². The van der Waals surface area contributed by atoms with Crippen LogP contribution in [0.3, 0.4) is 0 Å². The first kappa shape index (κ1) is 22.2. The van der Waals surface area contributed by atoms with Crippen LogP contribution in [0.5, 0.6) is 5.75 Å². The molecule has 1 aromatic rings. The van der Waals surface area contributed by atoms with E-state index in [-0.39, 0.29) is 17.7 Å². The lowest BCUT2D eigenvalue weighted by Gasteiger charge is -2.65. The van der Waals surface area contributed by atoms with Crippen LogP contribution < -0.4 is 5.32 Å². The fourth-order valence-corrected chi connectivity index (χ4v) is 6.78. The zero-order valence-corrected chi connectivity index (χ0v) is 19.4. The Morgan fingerprint density at radius 3 is 2.78 bits per heavy atom. The lowest BCUT2D eigenvalue weighted by atomic mass is 9.48. The molecule has 5 rings (SSSR count). The fraction of sp³-hybridized carbons (Fsp3) is 0.731. The maximum absolute atomic E-state index is 12.6. The number of hydrogen-bond donors (Lipinski definition) is 4. The van der Waals surface area contributed by atoms with E-state index >= 15 is 0 Å². The largest absolute Gasteiger partial charge is 0.508 e. The number of fused-ring (bicyclic) bond motifs is 1. The summed E-state index contributed by atoms with van der Waals surface area (Å²) >= 11 is 0. The van der Waals surface area contributed by atoms with Crippen LogP contribution in [0.15, 0.2) is 18.2 Å². The predicted octanol–water partition coefficient (Wildman–Crippen LogP) is 2.48. The first-order valence-electron chi connectivity index (χ1n) is 12.5. The molecule has 1 saturated heterocycles. The van der Waals surface area contributed by atoms with Crippen molar-refractivity contribution in [3.8, 4) is 5.75 Å². The minimum atomic E-state index is -1.05. The molecule has 6 heteroatoms. The quantitative estimate of drug-likeness (QED) is 0.543. The summed E-state index contributed by atoms with van der Waals surface area (Å²) in [5.41, 5.74) is 0.522. The van der Waals surface area contributed by atoms with E-state index in [1.807, 2.05) is 6.07 Å². The molecule has 6 nitrogen and oxygen atoms in total. The number of aromatic hydroxyl groups is 1. The highest BCUT2D eigenvalue weighted by Gasteiger charge is 2.66. The number of nitrogens with one attached hydrogen (secondary N) is 1. The average Bonchev–Trinajstić information content (AvgIpc) is 3.54. The van der Waals surface area contributed by atoms with Gasteiger partial charge in [0.2, 0.25) is 5.91 Å². The summed E-state index contributed by atoms with van der Waals surface area (Å²) in [6, 6.07) is 5.05. The van der Waals surface area contributed by atoms with Crippen molar-refractivity contribution in [3.05, 3.63) is 29.3 Å².